The molecule has 40 heavy (non-hydrogen) atoms. The highest BCUT2D eigenvalue weighted by molar-refractivity contribution is 7.92. The van der Waals surface area contributed by atoms with E-state index in [9.17, 15) is 18.0 Å². The average molecular weight is 565 g/mol. The lowest BCUT2D eigenvalue weighted by molar-refractivity contribution is -0.123. The van der Waals surface area contributed by atoms with E-state index in [1.54, 1.807) is 72.8 Å². The molecule has 1 fully saturated rings. The van der Waals surface area contributed by atoms with E-state index in [-0.39, 0.29) is 25.2 Å². The van der Waals surface area contributed by atoms with Crippen LogP contribution in [0, 0.1) is 0 Å². The van der Waals surface area contributed by atoms with Crippen molar-refractivity contribution in [3.8, 4) is 5.75 Å². The summed E-state index contributed by atoms with van der Waals surface area (Å²) in [5.74, 6) is -0.0733. The molecule has 10 nitrogen and oxygen atoms in total. The molecule has 3 aromatic carbocycles. The van der Waals surface area contributed by atoms with E-state index in [2.05, 4.69) is 15.8 Å². The molecule has 0 spiro atoms. The highest BCUT2D eigenvalue weighted by Gasteiger charge is 2.18. The van der Waals surface area contributed by atoms with Crippen LogP contribution in [0.25, 0.3) is 0 Å². The van der Waals surface area contributed by atoms with E-state index in [0.29, 0.717) is 23.5 Å². The molecule has 1 heterocycles. The van der Waals surface area contributed by atoms with Crippen molar-refractivity contribution in [2.24, 2.45) is 5.10 Å². The van der Waals surface area contributed by atoms with Crippen molar-refractivity contribution >= 4 is 33.7 Å². The number of amides is 2. The number of ether oxygens (including phenoxy) is 2. The van der Waals surface area contributed by atoms with Crippen molar-refractivity contribution in [1.29, 1.82) is 0 Å². The summed E-state index contributed by atoms with van der Waals surface area (Å²) in [5.41, 5.74) is 4.89. The van der Waals surface area contributed by atoms with E-state index in [0.717, 1.165) is 36.8 Å². The van der Waals surface area contributed by atoms with Gasteiger partial charge in [0.25, 0.3) is 11.8 Å². The number of rotatable bonds is 12. The highest BCUT2D eigenvalue weighted by atomic mass is 32.2. The first-order valence-corrected chi connectivity index (χ1v) is 14.7. The number of nitrogens with one attached hydrogen (secondary N) is 2. The molecule has 4 rings (SSSR count). The quantitative estimate of drug-likeness (QED) is 0.257. The maximum absolute atomic E-state index is 12.5. The first kappa shape index (κ1) is 28.8. The first-order valence-electron chi connectivity index (χ1n) is 12.8. The lowest BCUT2D eigenvalue weighted by Crippen LogP contribution is -2.35. The van der Waals surface area contributed by atoms with E-state index in [1.807, 2.05) is 6.07 Å². The van der Waals surface area contributed by atoms with Gasteiger partial charge in [0.15, 0.2) is 6.61 Å². The largest absolute Gasteiger partial charge is 0.484 e. The number of carbonyl (C=O) groups excluding carboxylic acids is 2. The van der Waals surface area contributed by atoms with E-state index < -0.39 is 15.9 Å². The maximum Gasteiger partial charge on any atom is 0.271 e. The summed E-state index contributed by atoms with van der Waals surface area (Å²) >= 11 is 0. The van der Waals surface area contributed by atoms with Crippen molar-refractivity contribution in [2.75, 3.05) is 30.3 Å². The molecule has 210 valence electrons. The minimum Gasteiger partial charge on any atom is -0.484 e. The van der Waals surface area contributed by atoms with E-state index in [1.165, 1.54) is 10.5 Å². The molecule has 0 aliphatic carbocycles. The van der Waals surface area contributed by atoms with Crippen LogP contribution in [0.1, 0.15) is 34.3 Å². The molecule has 11 heteroatoms. The Kier molecular flexibility index (Phi) is 9.87. The monoisotopic (exact) mass is 564 g/mol. The number of nitrogens with zero attached hydrogens (tertiary/aromatic N) is 2. The smallest absolute Gasteiger partial charge is 0.271 e. The maximum atomic E-state index is 12.5. The predicted octanol–water partition coefficient (Wildman–Crippen LogP) is 3.09. The molecule has 1 aliphatic rings. The van der Waals surface area contributed by atoms with Gasteiger partial charge in [-0.3, -0.25) is 13.9 Å². The zero-order chi connectivity index (χ0) is 28.4. The Morgan fingerprint density at radius 2 is 1.77 bits per heavy atom. The van der Waals surface area contributed by atoms with Crippen LogP contribution in [0.2, 0.25) is 0 Å². The standard InChI is InChI=1S/C29H32N4O6S/c1-40(36,37)33(25-6-3-2-4-7-25)20-23-9-13-24(14-10-23)29(35)32-31-18-22-11-15-26(16-12-22)39-21-28(34)30-19-27-8-5-17-38-27/h2-4,6-7,9-16,18,27H,5,8,17,19-21H2,1H3,(H,30,34)(H,32,35)/b31-18-/t27-/m0/s1. The highest BCUT2D eigenvalue weighted by Crippen LogP contribution is 2.20. The second-order valence-electron chi connectivity index (χ2n) is 9.30. The van der Waals surface area contributed by atoms with Crippen LogP contribution in [0.3, 0.4) is 0 Å². The Bertz CT molecular complexity index is 1410. The van der Waals surface area contributed by atoms with Gasteiger partial charge >= 0.3 is 0 Å². The third-order valence-corrected chi connectivity index (χ3v) is 7.31. The normalized spacial score (nSPS) is 15.1. The van der Waals surface area contributed by atoms with Crippen LogP contribution in [0.4, 0.5) is 5.69 Å². The molecule has 1 saturated heterocycles. The molecule has 2 amide bonds. The van der Waals surface area contributed by atoms with E-state index >= 15 is 0 Å². The molecule has 2 N–H and O–H groups in total. The Labute approximate surface area is 234 Å². The second kappa shape index (κ2) is 13.7. The summed E-state index contributed by atoms with van der Waals surface area (Å²) in [6.45, 7) is 1.28. The molecule has 0 unspecified atom stereocenters. The Morgan fingerprint density at radius 3 is 2.42 bits per heavy atom. The average Bonchev–Trinajstić information content (AvgIpc) is 3.48. The van der Waals surface area contributed by atoms with E-state index in [4.69, 9.17) is 9.47 Å². The van der Waals surface area contributed by atoms with Crippen LogP contribution in [0.5, 0.6) is 5.75 Å². The fourth-order valence-corrected chi connectivity index (χ4v) is 4.92. The second-order valence-corrected chi connectivity index (χ2v) is 11.2. The van der Waals surface area contributed by atoms with Gasteiger partial charge in [0, 0.05) is 18.7 Å². The SMILES string of the molecule is CS(=O)(=O)N(Cc1ccc(C(=O)N/N=C\c2ccc(OCC(=O)NC[C@@H]3CCCO3)cc2)cc1)c1ccccc1. The Balaban J connectivity index is 1.23. The number of hydrogen-bond donors (Lipinski definition) is 2. The van der Waals surface area contributed by atoms with Gasteiger partial charge in [-0.2, -0.15) is 5.10 Å². The van der Waals surface area contributed by atoms with Crippen molar-refractivity contribution in [3.63, 3.8) is 0 Å². The number of hydrogen-bond acceptors (Lipinski definition) is 7. The van der Waals surface area contributed by atoms with Gasteiger partial charge in [-0.25, -0.2) is 13.8 Å². The van der Waals surface area contributed by atoms with Crippen molar-refractivity contribution in [1.82, 2.24) is 10.7 Å². The lowest BCUT2D eigenvalue weighted by Gasteiger charge is -2.22. The Morgan fingerprint density at radius 1 is 1.05 bits per heavy atom. The summed E-state index contributed by atoms with van der Waals surface area (Å²) < 4.78 is 36.9. The van der Waals surface area contributed by atoms with Crippen molar-refractivity contribution in [2.45, 2.75) is 25.5 Å². The number of para-hydroxylation sites is 1. The van der Waals surface area contributed by atoms with Gasteiger partial charge in [0.1, 0.15) is 5.75 Å². The Hall–Kier alpha value is -4.22. The predicted molar refractivity (Wildman–Crippen MR) is 153 cm³/mol. The van der Waals surface area contributed by atoms with Crippen LogP contribution >= 0.6 is 0 Å². The van der Waals surface area contributed by atoms with Gasteiger partial charge < -0.3 is 14.8 Å². The number of sulfonamides is 1. The van der Waals surface area contributed by atoms with Crippen molar-refractivity contribution < 1.29 is 27.5 Å². The molecule has 0 radical (unpaired) electrons. The van der Waals surface area contributed by atoms with Gasteiger partial charge in [-0.1, -0.05) is 30.3 Å². The number of anilines is 1. The third-order valence-electron chi connectivity index (χ3n) is 6.17. The molecule has 1 atom stereocenters. The summed E-state index contributed by atoms with van der Waals surface area (Å²) in [6.07, 6.45) is 4.72. The number of hydrazone groups is 1. The first-order chi connectivity index (χ1) is 19.3. The van der Waals surface area contributed by atoms with Gasteiger partial charge in [0.2, 0.25) is 10.0 Å². The molecule has 1 aliphatic heterocycles. The third kappa shape index (κ3) is 8.65. The van der Waals surface area contributed by atoms with Gasteiger partial charge in [0.05, 0.1) is 30.8 Å². The summed E-state index contributed by atoms with van der Waals surface area (Å²) in [6, 6.07) is 22.4. The minimum atomic E-state index is -3.49. The molecule has 3 aromatic rings. The number of benzene rings is 3. The molecular weight excluding hydrogens is 532 g/mol. The zero-order valence-corrected chi connectivity index (χ0v) is 23.0. The van der Waals surface area contributed by atoms with Crippen molar-refractivity contribution in [3.05, 3.63) is 95.6 Å². The fraction of sp³-hybridized carbons (Fsp3) is 0.276. The summed E-state index contributed by atoms with van der Waals surface area (Å²) in [5, 5.41) is 6.80. The minimum absolute atomic E-state index is 0.0835. The topological polar surface area (TPSA) is 126 Å². The zero-order valence-electron chi connectivity index (χ0n) is 22.2. The van der Waals surface area contributed by atoms with Crippen LogP contribution in [0.15, 0.2) is 84.0 Å². The van der Waals surface area contributed by atoms with Gasteiger partial charge in [-0.05, 0) is 72.5 Å². The van der Waals surface area contributed by atoms with Crippen LogP contribution < -0.4 is 19.8 Å². The van der Waals surface area contributed by atoms with Crippen LogP contribution in [-0.4, -0.2) is 58.6 Å². The fourth-order valence-electron chi connectivity index (χ4n) is 4.03. The lowest BCUT2D eigenvalue weighted by atomic mass is 10.1. The molecule has 0 saturated carbocycles. The summed E-state index contributed by atoms with van der Waals surface area (Å²) in [4.78, 5) is 24.4. The molecule has 0 aromatic heterocycles. The van der Waals surface area contributed by atoms with Gasteiger partial charge in [-0.15, -0.1) is 0 Å². The number of carbonyl (C=O) groups is 2. The molecule has 0 bridgehead atoms. The van der Waals surface area contributed by atoms with Crippen LogP contribution in [-0.2, 0) is 26.1 Å². The summed E-state index contributed by atoms with van der Waals surface area (Å²) in [7, 11) is -3.49. The molecular formula is C29H32N4O6S.